The molecule has 1 aliphatic heterocycles. The van der Waals surface area contributed by atoms with Crippen molar-refractivity contribution in [3.63, 3.8) is 0 Å². The maximum absolute atomic E-state index is 12.5. The van der Waals surface area contributed by atoms with Crippen LogP contribution in [-0.2, 0) is 4.74 Å². The van der Waals surface area contributed by atoms with Gasteiger partial charge in [-0.2, -0.15) is 0 Å². The standard InChI is InChI=1S/C18H22N2O3S/c1-13-14(4-5-15(20-13)16-3-2-10-24-16)17(22)19-11-18(6-8-21)7-9-23-12-18/h2-5,10,21H,6-9,11-12H2,1H3,(H,19,22). The average Bonchev–Trinajstić information content (AvgIpc) is 3.25. The van der Waals surface area contributed by atoms with Gasteiger partial charge in [-0.1, -0.05) is 6.07 Å². The smallest absolute Gasteiger partial charge is 0.253 e. The number of hydrogen-bond donors (Lipinski definition) is 2. The first kappa shape index (κ1) is 17.1. The molecule has 1 amide bonds. The largest absolute Gasteiger partial charge is 0.396 e. The van der Waals surface area contributed by atoms with Gasteiger partial charge in [0.15, 0.2) is 0 Å². The van der Waals surface area contributed by atoms with Crippen LogP contribution in [0.15, 0.2) is 29.6 Å². The summed E-state index contributed by atoms with van der Waals surface area (Å²) < 4.78 is 5.46. The second-order valence-corrected chi connectivity index (χ2v) is 7.21. The number of rotatable bonds is 6. The molecule has 1 fully saturated rings. The van der Waals surface area contributed by atoms with Gasteiger partial charge in [-0.15, -0.1) is 11.3 Å². The average molecular weight is 346 g/mol. The fraction of sp³-hybridized carbons (Fsp3) is 0.444. The molecular formula is C18H22N2O3S. The van der Waals surface area contributed by atoms with E-state index >= 15 is 0 Å². The van der Waals surface area contributed by atoms with Gasteiger partial charge in [0, 0.05) is 25.2 Å². The van der Waals surface area contributed by atoms with Crippen molar-refractivity contribution < 1.29 is 14.6 Å². The van der Waals surface area contributed by atoms with Crippen molar-refractivity contribution in [3.05, 3.63) is 40.9 Å². The van der Waals surface area contributed by atoms with Crippen LogP contribution in [0.1, 0.15) is 28.9 Å². The van der Waals surface area contributed by atoms with E-state index < -0.39 is 0 Å². The summed E-state index contributed by atoms with van der Waals surface area (Å²) in [7, 11) is 0. The Bertz CT molecular complexity index is 694. The number of aliphatic hydroxyl groups is 1. The number of ether oxygens (including phenoxy) is 1. The highest BCUT2D eigenvalue weighted by molar-refractivity contribution is 7.13. The van der Waals surface area contributed by atoms with Crippen molar-refractivity contribution in [2.45, 2.75) is 19.8 Å². The van der Waals surface area contributed by atoms with E-state index in [9.17, 15) is 9.90 Å². The van der Waals surface area contributed by atoms with E-state index in [2.05, 4.69) is 10.3 Å². The van der Waals surface area contributed by atoms with Gasteiger partial charge in [-0.25, -0.2) is 0 Å². The van der Waals surface area contributed by atoms with Gasteiger partial charge in [0.2, 0.25) is 0 Å². The van der Waals surface area contributed by atoms with Gasteiger partial charge in [-0.3, -0.25) is 9.78 Å². The van der Waals surface area contributed by atoms with E-state index in [1.165, 1.54) is 0 Å². The summed E-state index contributed by atoms with van der Waals surface area (Å²) in [6.45, 7) is 3.75. The third-order valence-corrected chi connectivity index (χ3v) is 5.45. The second kappa shape index (κ2) is 7.42. The fourth-order valence-electron chi connectivity index (χ4n) is 3.04. The molecule has 0 bridgehead atoms. The quantitative estimate of drug-likeness (QED) is 0.843. The van der Waals surface area contributed by atoms with Gasteiger partial charge < -0.3 is 15.2 Å². The van der Waals surface area contributed by atoms with Crippen LogP contribution >= 0.6 is 11.3 Å². The molecule has 0 aliphatic carbocycles. The van der Waals surface area contributed by atoms with Gasteiger partial charge >= 0.3 is 0 Å². The second-order valence-electron chi connectivity index (χ2n) is 6.27. The molecule has 6 heteroatoms. The molecule has 1 saturated heterocycles. The molecule has 1 aliphatic rings. The Balaban J connectivity index is 1.69. The van der Waals surface area contributed by atoms with E-state index in [0.29, 0.717) is 31.7 Å². The number of carbonyl (C=O) groups is 1. The Morgan fingerprint density at radius 1 is 1.46 bits per heavy atom. The molecule has 0 radical (unpaired) electrons. The van der Waals surface area contributed by atoms with E-state index in [1.54, 1.807) is 11.3 Å². The number of thiophene rings is 1. The molecule has 24 heavy (non-hydrogen) atoms. The molecule has 1 unspecified atom stereocenters. The first-order valence-corrected chi connectivity index (χ1v) is 9.00. The third kappa shape index (κ3) is 3.66. The van der Waals surface area contributed by atoms with Crippen LogP contribution in [0.25, 0.3) is 10.6 Å². The normalized spacial score (nSPS) is 20.2. The lowest BCUT2D eigenvalue weighted by atomic mass is 9.84. The number of nitrogens with zero attached hydrogens (tertiary/aromatic N) is 1. The number of pyridine rings is 1. The highest BCUT2D eigenvalue weighted by Gasteiger charge is 2.34. The zero-order valence-corrected chi connectivity index (χ0v) is 14.6. The minimum Gasteiger partial charge on any atom is -0.396 e. The number of carbonyl (C=O) groups excluding carboxylic acids is 1. The lowest BCUT2D eigenvalue weighted by Gasteiger charge is -2.26. The van der Waals surface area contributed by atoms with Crippen LogP contribution in [0.2, 0.25) is 0 Å². The Kier molecular flexibility index (Phi) is 5.28. The summed E-state index contributed by atoms with van der Waals surface area (Å²) in [5.74, 6) is -0.123. The number of aryl methyl sites for hydroxylation is 1. The molecule has 3 rings (SSSR count). The Hall–Kier alpha value is -1.76. The number of nitrogens with one attached hydrogen (secondary N) is 1. The van der Waals surface area contributed by atoms with Crippen LogP contribution in [0, 0.1) is 12.3 Å². The number of aliphatic hydroxyl groups excluding tert-OH is 1. The number of aromatic nitrogens is 1. The summed E-state index contributed by atoms with van der Waals surface area (Å²) in [6.07, 6.45) is 1.50. The lowest BCUT2D eigenvalue weighted by Crippen LogP contribution is -2.39. The molecule has 0 saturated carbocycles. The lowest BCUT2D eigenvalue weighted by molar-refractivity contribution is 0.0888. The van der Waals surface area contributed by atoms with E-state index in [1.807, 2.05) is 36.6 Å². The van der Waals surface area contributed by atoms with Gasteiger partial charge in [-0.05, 0) is 43.3 Å². The number of hydrogen-bond acceptors (Lipinski definition) is 5. The van der Waals surface area contributed by atoms with Crippen molar-refractivity contribution in [1.29, 1.82) is 0 Å². The Morgan fingerprint density at radius 2 is 2.33 bits per heavy atom. The van der Waals surface area contributed by atoms with Crippen LogP contribution in [0.3, 0.4) is 0 Å². The summed E-state index contributed by atoms with van der Waals surface area (Å²) >= 11 is 1.63. The maximum Gasteiger partial charge on any atom is 0.253 e. The van der Waals surface area contributed by atoms with Gasteiger partial charge in [0.1, 0.15) is 0 Å². The van der Waals surface area contributed by atoms with E-state index in [-0.39, 0.29) is 17.9 Å². The molecule has 2 aromatic heterocycles. The molecule has 0 aromatic carbocycles. The van der Waals surface area contributed by atoms with Crippen molar-refractivity contribution in [3.8, 4) is 10.6 Å². The molecule has 2 aromatic rings. The first-order valence-electron chi connectivity index (χ1n) is 8.12. The van der Waals surface area contributed by atoms with Crippen molar-refractivity contribution in [2.75, 3.05) is 26.4 Å². The molecule has 2 N–H and O–H groups in total. The van der Waals surface area contributed by atoms with E-state index in [4.69, 9.17) is 4.74 Å². The molecule has 128 valence electrons. The van der Waals surface area contributed by atoms with Crippen LogP contribution in [-0.4, -0.2) is 42.4 Å². The molecular weight excluding hydrogens is 324 g/mol. The monoisotopic (exact) mass is 346 g/mol. The predicted octanol–water partition coefficient (Wildman–Crippen LogP) is 2.64. The molecule has 1 atom stereocenters. The highest BCUT2D eigenvalue weighted by atomic mass is 32.1. The van der Waals surface area contributed by atoms with Crippen molar-refractivity contribution >= 4 is 17.2 Å². The first-order chi connectivity index (χ1) is 11.6. The van der Waals surface area contributed by atoms with Crippen molar-refractivity contribution in [2.24, 2.45) is 5.41 Å². The third-order valence-electron chi connectivity index (χ3n) is 4.56. The highest BCUT2D eigenvalue weighted by Crippen LogP contribution is 2.31. The summed E-state index contributed by atoms with van der Waals surface area (Å²) in [6, 6.07) is 7.72. The SMILES string of the molecule is Cc1nc(-c2cccs2)ccc1C(=O)NCC1(CCO)CCOC1. The molecule has 3 heterocycles. The van der Waals surface area contributed by atoms with Crippen LogP contribution in [0.5, 0.6) is 0 Å². The molecule has 5 nitrogen and oxygen atoms in total. The minimum atomic E-state index is -0.150. The van der Waals surface area contributed by atoms with Crippen LogP contribution < -0.4 is 5.32 Å². The van der Waals surface area contributed by atoms with Gasteiger partial charge in [0.05, 0.1) is 28.4 Å². The van der Waals surface area contributed by atoms with Gasteiger partial charge in [0.25, 0.3) is 5.91 Å². The van der Waals surface area contributed by atoms with Crippen molar-refractivity contribution in [1.82, 2.24) is 10.3 Å². The van der Waals surface area contributed by atoms with Crippen LogP contribution in [0.4, 0.5) is 0 Å². The Labute approximate surface area is 145 Å². The topological polar surface area (TPSA) is 71.5 Å². The molecule has 0 spiro atoms. The number of amides is 1. The fourth-order valence-corrected chi connectivity index (χ4v) is 3.73. The summed E-state index contributed by atoms with van der Waals surface area (Å²) in [5.41, 5.74) is 2.05. The minimum absolute atomic E-state index is 0.106. The predicted molar refractivity (Wildman–Crippen MR) is 94.2 cm³/mol. The zero-order valence-electron chi connectivity index (χ0n) is 13.7. The van der Waals surface area contributed by atoms with E-state index in [0.717, 1.165) is 22.7 Å². The Morgan fingerprint density at radius 3 is 2.96 bits per heavy atom. The maximum atomic E-state index is 12.5. The zero-order chi connectivity index (χ0) is 17.0. The summed E-state index contributed by atoms with van der Waals surface area (Å²) in [4.78, 5) is 18.2. The summed E-state index contributed by atoms with van der Waals surface area (Å²) in [5, 5.41) is 14.3.